The van der Waals surface area contributed by atoms with E-state index in [1.807, 2.05) is 31.4 Å². The van der Waals surface area contributed by atoms with Crippen LogP contribution in [0.15, 0.2) is 52.4 Å². The first-order valence-corrected chi connectivity index (χ1v) is 9.86. The van der Waals surface area contributed by atoms with Crippen LogP contribution in [0.25, 0.3) is 32.9 Å². The minimum absolute atomic E-state index is 0.00215. The Morgan fingerprint density at radius 3 is 2.82 bits per heavy atom. The van der Waals surface area contributed by atoms with Gasteiger partial charge in [0.25, 0.3) is 11.6 Å². The van der Waals surface area contributed by atoms with Gasteiger partial charge in [-0.1, -0.05) is 30.3 Å². The molecule has 1 atom stereocenters. The Balaban J connectivity index is 1.95. The Labute approximate surface area is 165 Å². The fraction of sp³-hybridized carbons (Fsp3) is 0.190. The van der Waals surface area contributed by atoms with Crippen molar-refractivity contribution in [2.24, 2.45) is 0 Å². The maximum Gasteiger partial charge on any atom is 0.259 e. The second-order valence-electron chi connectivity index (χ2n) is 6.51. The molecule has 0 saturated carbocycles. The van der Waals surface area contributed by atoms with Crippen LogP contribution < -0.4 is 5.32 Å². The molecule has 0 bridgehead atoms. The predicted octanol–water partition coefficient (Wildman–Crippen LogP) is 5.29. The number of benzene rings is 1. The third-order valence-corrected chi connectivity index (χ3v) is 5.48. The molecular formula is C21H18FN3O2S. The SMILES string of the molecule is CC[C@H](C)NC(=O)c1cc(-c2cccs2)nc2onc(-c3ccccc3F)c12. The lowest BCUT2D eigenvalue weighted by molar-refractivity contribution is 0.0941. The van der Waals surface area contributed by atoms with E-state index in [4.69, 9.17) is 4.52 Å². The summed E-state index contributed by atoms with van der Waals surface area (Å²) in [4.78, 5) is 18.4. The highest BCUT2D eigenvalue weighted by molar-refractivity contribution is 7.13. The van der Waals surface area contributed by atoms with E-state index in [0.717, 1.165) is 11.3 Å². The van der Waals surface area contributed by atoms with Crippen LogP contribution in [0.5, 0.6) is 0 Å². The molecule has 1 N–H and O–H groups in total. The minimum atomic E-state index is -0.437. The minimum Gasteiger partial charge on any atom is -0.350 e. The first kappa shape index (κ1) is 18.3. The molecule has 1 amide bonds. The van der Waals surface area contributed by atoms with Gasteiger partial charge in [0.15, 0.2) is 0 Å². The summed E-state index contributed by atoms with van der Waals surface area (Å²) in [7, 11) is 0. The lowest BCUT2D eigenvalue weighted by Crippen LogP contribution is -2.32. The van der Waals surface area contributed by atoms with E-state index in [2.05, 4.69) is 15.5 Å². The van der Waals surface area contributed by atoms with Crippen molar-refractivity contribution >= 4 is 28.3 Å². The third-order valence-electron chi connectivity index (χ3n) is 4.58. The van der Waals surface area contributed by atoms with Crippen LogP contribution in [0.1, 0.15) is 30.6 Å². The zero-order valence-corrected chi connectivity index (χ0v) is 16.2. The second kappa shape index (κ2) is 7.52. The summed E-state index contributed by atoms with van der Waals surface area (Å²) in [6.07, 6.45) is 0.793. The Morgan fingerprint density at radius 2 is 2.11 bits per heavy atom. The topological polar surface area (TPSA) is 68.0 Å². The van der Waals surface area contributed by atoms with E-state index < -0.39 is 5.82 Å². The van der Waals surface area contributed by atoms with Gasteiger partial charge in [-0.05, 0) is 43.0 Å². The van der Waals surface area contributed by atoms with Crippen molar-refractivity contribution in [1.29, 1.82) is 0 Å². The van der Waals surface area contributed by atoms with Crippen LogP contribution in [0.2, 0.25) is 0 Å². The van der Waals surface area contributed by atoms with Gasteiger partial charge in [-0.25, -0.2) is 9.37 Å². The molecule has 0 radical (unpaired) electrons. The second-order valence-corrected chi connectivity index (χ2v) is 7.45. The molecular weight excluding hydrogens is 377 g/mol. The number of carbonyl (C=O) groups excluding carboxylic acids is 1. The number of halogens is 1. The monoisotopic (exact) mass is 395 g/mol. The van der Waals surface area contributed by atoms with Gasteiger partial charge in [-0.2, -0.15) is 0 Å². The van der Waals surface area contributed by atoms with Crippen molar-refractivity contribution in [3.05, 3.63) is 59.2 Å². The van der Waals surface area contributed by atoms with Gasteiger partial charge in [0.2, 0.25) is 0 Å². The number of amides is 1. The molecule has 4 aromatic rings. The average molecular weight is 395 g/mol. The Morgan fingerprint density at radius 1 is 1.29 bits per heavy atom. The zero-order chi connectivity index (χ0) is 19.7. The summed E-state index contributed by atoms with van der Waals surface area (Å²) in [5, 5.41) is 9.35. The summed E-state index contributed by atoms with van der Waals surface area (Å²) in [5.74, 6) is -0.700. The van der Waals surface area contributed by atoms with Gasteiger partial charge >= 0.3 is 0 Å². The molecule has 5 nitrogen and oxygen atoms in total. The molecule has 0 saturated heterocycles. The molecule has 0 fully saturated rings. The standard InChI is InChI=1S/C21H18FN3O2S/c1-3-12(2)23-20(26)14-11-16(17-9-6-10-28-17)24-21-18(14)19(25-27-21)13-7-4-5-8-15(13)22/h4-12H,3H2,1-2H3,(H,23,26)/t12-/m0/s1. The van der Waals surface area contributed by atoms with Gasteiger partial charge in [0.1, 0.15) is 11.5 Å². The van der Waals surface area contributed by atoms with E-state index in [1.165, 1.54) is 17.4 Å². The average Bonchev–Trinajstić information content (AvgIpc) is 3.37. The molecule has 3 heterocycles. The molecule has 0 unspecified atom stereocenters. The molecule has 28 heavy (non-hydrogen) atoms. The number of rotatable bonds is 5. The lowest BCUT2D eigenvalue weighted by atomic mass is 10.0. The smallest absolute Gasteiger partial charge is 0.259 e. The van der Waals surface area contributed by atoms with Gasteiger partial charge in [-0.15, -0.1) is 11.3 Å². The number of aromatic nitrogens is 2. The van der Waals surface area contributed by atoms with Gasteiger partial charge in [-0.3, -0.25) is 4.79 Å². The quantitative estimate of drug-likeness (QED) is 0.499. The zero-order valence-electron chi connectivity index (χ0n) is 15.4. The third kappa shape index (κ3) is 3.29. The molecule has 7 heteroatoms. The Bertz CT molecular complexity index is 1140. The molecule has 142 valence electrons. The number of thiophene rings is 1. The summed E-state index contributed by atoms with van der Waals surface area (Å²) in [6, 6.07) is 11.8. The van der Waals surface area contributed by atoms with Crippen molar-refractivity contribution in [2.45, 2.75) is 26.3 Å². The van der Waals surface area contributed by atoms with E-state index in [-0.39, 0.29) is 28.9 Å². The molecule has 0 spiro atoms. The Hall–Kier alpha value is -3.06. The van der Waals surface area contributed by atoms with Crippen LogP contribution >= 0.6 is 11.3 Å². The first-order valence-electron chi connectivity index (χ1n) is 8.98. The maximum atomic E-state index is 14.4. The summed E-state index contributed by atoms with van der Waals surface area (Å²) in [5.41, 5.74) is 1.73. The van der Waals surface area contributed by atoms with Crippen LogP contribution in [0.4, 0.5) is 4.39 Å². The van der Waals surface area contributed by atoms with Crippen molar-refractivity contribution < 1.29 is 13.7 Å². The molecule has 4 rings (SSSR count). The largest absolute Gasteiger partial charge is 0.350 e. The summed E-state index contributed by atoms with van der Waals surface area (Å²) < 4.78 is 19.8. The lowest BCUT2D eigenvalue weighted by Gasteiger charge is -2.12. The first-order chi connectivity index (χ1) is 13.6. The van der Waals surface area contributed by atoms with Gasteiger partial charge in [0.05, 0.1) is 21.5 Å². The molecule has 0 aliphatic heterocycles. The van der Waals surface area contributed by atoms with Crippen LogP contribution in [0, 0.1) is 5.82 Å². The van der Waals surface area contributed by atoms with Crippen LogP contribution in [-0.4, -0.2) is 22.1 Å². The Kier molecular flexibility index (Phi) is 4.92. The number of nitrogens with zero attached hydrogens (tertiary/aromatic N) is 2. The number of fused-ring (bicyclic) bond motifs is 1. The fourth-order valence-corrected chi connectivity index (χ4v) is 3.61. The molecule has 1 aromatic carbocycles. The van der Waals surface area contributed by atoms with Crippen LogP contribution in [0.3, 0.4) is 0 Å². The number of hydrogen-bond acceptors (Lipinski definition) is 5. The van der Waals surface area contributed by atoms with Crippen molar-refractivity contribution in [1.82, 2.24) is 15.5 Å². The van der Waals surface area contributed by atoms with E-state index in [0.29, 0.717) is 16.6 Å². The van der Waals surface area contributed by atoms with E-state index >= 15 is 0 Å². The van der Waals surface area contributed by atoms with Crippen molar-refractivity contribution in [2.75, 3.05) is 0 Å². The molecule has 3 aromatic heterocycles. The fourth-order valence-electron chi connectivity index (χ4n) is 2.92. The summed E-state index contributed by atoms with van der Waals surface area (Å²) in [6.45, 7) is 3.93. The predicted molar refractivity (Wildman–Crippen MR) is 108 cm³/mol. The van der Waals surface area contributed by atoms with Gasteiger partial charge < -0.3 is 9.84 Å². The summed E-state index contributed by atoms with van der Waals surface area (Å²) >= 11 is 1.51. The number of pyridine rings is 1. The number of nitrogens with one attached hydrogen (secondary N) is 1. The normalized spacial score (nSPS) is 12.2. The van der Waals surface area contributed by atoms with Crippen LogP contribution in [-0.2, 0) is 0 Å². The van der Waals surface area contributed by atoms with Crippen molar-refractivity contribution in [3.8, 4) is 21.8 Å². The van der Waals surface area contributed by atoms with E-state index in [9.17, 15) is 9.18 Å². The maximum absolute atomic E-state index is 14.4. The highest BCUT2D eigenvalue weighted by Gasteiger charge is 2.24. The number of hydrogen-bond donors (Lipinski definition) is 1. The molecule has 0 aliphatic rings. The molecule has 0 aliphatic carbocycles. The highest BCUT2D eigenvalue weighted by Crippen LogP contribution is 2.34. The highest BCUT2D eigenvalue weighted by atomic mass is 32.1. The van der Waals surface area contributed by atoms with E-state index in [1.54, 1.807) is 24.3 Å². The van der Waals surface area contributed by atoms with Crippen molar-refractivity contribution in [3.63, 3.8) is 0 Å². The number of carbonyl (C=O) groups is 1. The van der Waals surface area contributed by atoms with Gasteiger partial charge in [0, 0.05) is 11.6 Å².